The molecule has 140 valence electrons. The highest BCUT2D eigenvalue weighted by Crippen LogP contribution is 2.33. The third-order valence-electron chi connectivity index (χ3n) is 5.20. The van der Waals surface area contributed by atoms with Crippen molar-refractivity contribution in [3.63, 3.8) is 0 Å². The molecule has 0 fully saturated rings. The van der Waals surface area contributed by atoms with Gasteiger partial charge in [0.2, 0.25) is 5.91 Å². The van der Waals surface area contributed by atoms with E-state index in [1.165, 1.54) is 9.56 Å². The second-order valence-corrected chi connectivity index (χ2v) is 8.30. The van der Waals surface area contributed by atoms with Gasteiger partial charge in [0, 0.05) is 10.6 Å². The molecular formula is C20H22N4O2S. The van der Waals surface area contributed by atoms with Crippen molar-refractivity contribution in [1.29, 1.82) is 0 Å². The number of fused-ring (bicyclic) bond motifs is 3. The highest BCUT2D eigenvalue weighted by Gasteiger charge is 2.24. The maximum Gasteiger partial charge on any atom is 0.279 e. The predicted octanol–water partition coefficient (Wildman–Crippen LogP) is 3.55. The van der Waals surface area contributed by atoms with Gasteiger partial charge in [-0.1, -0.05) is 17.3 Å². The lowest BCUT2D eigenvalue weighted by Gasteiger charge is -2.15. The zero-order chi connectivity index (χ0) is 19.1. The maximum atomic E-state index is 13.1. The van der Waals surface area contributed by atoms with Crippen molar-refractivity contribution in [1.82, 2.24) is 15.0 Å². The van der Waals surface area contributed by atoms with E-state index < -0.39 is 6.04 Å². The van der Waals surface area contributed by atoms with Gasteiger partial charge in [-0.25, -0.2) is 0 Å². The van der Waals surface area contributed by atoms with Crippen LogP contribution in [0.3, 0.4) is 0 Å². The van der Waals surface area contributed by atoms with Crippen LogP contribution < -0.4 is 10.9 Å². The summed E-state index contributed by atoms with van der Waals surface area (Å²) in [4.78, 5) is 27.8. The van der Waals surface area contributed by atoms with Gasteiger partial charge in [-0.15, -0.1) is 16.4 Å². The lowest BCUT2D eigenvalue weighted by molar-refractivity contribution is -0.119. The topological polar surface area (TPSA) is 76.9 Å². The zero-order valence-electron chi connectivity index (χ0n) is 15.7. The molecule has 6 nitrogen and oxygen atoms in total. The molecule has 0 spiro atoms. The number of carbonyl (C=O) groups is 1. The van der Waals surface area contributed by atoms with Crippen LogP contribution in [0.25, 0.3) is 10.2 Å². The summed E-state index contributed by atoms with van der Waals surface area (Å²) < 4.78 is 1.21. The number of thiophene rings is 1. The van der Waals surface area contributed by atoms with E-state index in [-0.39, 0.29) is 11.5 Å². The molecule has 1 aliphatic rings. The molecule has 0 bridgehead atoms. The number of nitrogens with one attached hydrogen (secondary N) is 1. The van der Waals surface area contributed by atoms with Crippen LogP contribution in [0.5, 0.6) is 0 Å². The number of hydrogen-bond donors (Lipinski definition) is 1. The van der Waals surface area contributed by atoms with E-state index in [2.05, 4.69) is 15.6 Å². The number of amides is 1. The number of hydrogen-bond acceptors (Lipinski definition) is 5. The number of aryl methyl sites for hydroxylation is 4. The summed E-state index contributed by atoms with van der Waals surface area (Å²) in [6, 6.07) is 5.14. The van der Waals surface area contributed by atoms with Crippen LogP contribution in [0.2, 0.25) is 0 Å². The van der Waals surface area contributed by atoms with E-state index in [9.17, 15) is 9.59 Å². The Morgan fingerprint density at radius 2 is 2.04 bits per heavy atom. The lowest BCUT2D eigenvalue weighted by atomic mass is 9.97. The molecule has 4 rings (SSSR count). The van der Waals surface area contributed by atoms with E-state index in [1.807, 2.05) is 32.0 Å². The van der Waals surface area contributed by atoms with Gasteiger partial charge in [0.05, 0.1) is 5.39 Å². The average molecular weight is 382 g/mol. The summed E-state index contributed by atoms with van der Waals surface area (Å²) in [5.74, 6) is -0.274. The molecule has 1 aliphatic carbocycles. The van der Waals surface area contributed by atoms with E-state index in [1.54, 1.807) is 18.3 Å². The molecule has 0 saturated carbocycles. The van der Waals surface area contributed by atoms with Crippen LogP contribution in [0.1, 0.15) is 47.4 Å². The summed E-state index contributed by atoms with van der Waals surface area (Å²) in [5.41, 5.74) is 3.68. The normalized spacial score (nSPS) is 14.8. The molecule has 27 heavy (non-hydrogen) atoms. The summed E-state index contributed by atoms with van der Waals surface area (Å²) in [5, 5.41) is 11.9. The molecule has 1 aromatic carbocycles. The first kappa shape index (κ1) is 17.9. The van der Waals surface area contributed by atoms with Crippen molar-refractivity contribution in [2.45, 2.75) is 52.5 Å². The highest BCUT2D eigenvalue weighted by molar-refractivity contribution is 7.18. The molecule has 0 aliphatic heterocycles. The Kier molecular flexibility index (Phi) is 4.55. The van der Waals surface area contributed by atoms with Gasteiger partial charge < -0.3 is 5.32 Å². The van der Waals surface area contributed by atoms with Crippen LogP contribution >= 0.6 is 11.3 Å². The third kappa shape index (κ3) is 3.16. The fraction of sp³-hybridized carbons (Fsp3) is 0.400. The number of benzene rings is 1. The van der Waals surface area contributed by atoms with Crippen LogP contribution in [0.15, 0.2) is 23.0 Å². The van der Waals surface area contributed by atoms with Crippen molar-refractivity contribution in [2.24, 2.45) is 0 Å². The fourth-order valence-electron chi connectivity index (χ4n) is 3.56. The second kappa shape index (κ2) is 6.88. The molecule has 2 aromatic heterocycles. The molecule has 0 saturated heterocycles. The Balaban J connectivity index is 1.69. The number of nitrogens with zero attached hydrogens (tertiary/aromatic N) is 3. The molecule has 7 heteroatoms. The molecule has 1 atom stereocenters. The standard InChI is InChI=1S/C20H22N4O2S/c1-11-8-9-12(2)15(10-11)21-18(25)13(3)24-20(26)17-14-6-4-5-7-16(14)27-19(17)22-23-24/h8-10,13H,4-7H2,1-3H3,(H,21,25)/t13-/m0/s1. The van der Waals surface area contributed by atoms with Gasteiger partial charge >= 0.3 is 0 Å². The fourth-order valence-corrected chi connectivity index (χ4v) is 4.76. The van der Waals surface area contributed by atoms with E-state index in [0.717, 1.165) is 48.1 Å². The van der Waals surface area contributed by atoms with E-state index in [0.29, 0.717) is 10.2 Å². The molecule has 2 heterocycles. The van der Waals surface area contributed by atoms with Crippen molar-refractivity contribution >= 4 is 33.1 Å². The summed E-state index contributed by atoms with van der Waals surface area (Å²) in [6.07, 6.45) is 4.14. The van der Waals surface area contributed by atoms with Gasteiger partial charge in [0.1, 0.15) is 6.04 Å². The van der Waals surface area contributed by atoms with Gasteiger partial charge in [0.15, 0.2) is 4.83 Å². The number of aromatic nitrogens is 3. The molecular weight excluding hydrogens is 360 g/mol. The third-order valence-corrected chi connectivity index (χ3v) is 6.38. The minimum absolute atomic E-state index is 0.219. The summed E-state index contributed by atoms with van der Waals surface area (Å²) >= 11 is 1.56. The van der Waals surface area contributed by atoms with E-state index >= 15 is 0 Å². The first-order valence-corrected chi connectivity index (χ1v) is 10.0. The molecule has 0 unspecified atom stereocenters. The van der Waals surface area contributed by atoms with E-state index in [4.69, 9.17) is 0 Å². The minimum atomic E-state index is -0.742. The van der Waals surface area contributed by atoms with Crippen molar-refractivity contribution in [3.05, 3.63) is 50.1 Å². The van der Waals surface area contributed by atoms with Gasteiger partial charge in [0.25, 0.3) is 5.56 Å². The van der Waals surface area contributed by atoms with Crippen LogP contribution in [0.4, 0.5) is 5.69 Å². The predicted molar refractivity (Wildman–Crippen MR) is 108 cm³/mol. The quantitative estimate of drug-likeness (QED) is 0.751. The smallest absolute Gasteiger partial charge is 0.279 e. The number of anilines is 1. The number of rotatable bonds is 3. The SMILES string of the molecule is Cc1ccc(C)c(NC(=O)[C@H](C)n2nnc3sc4c(c3c2=O)CCCC4)c1. The Morgan fingerprint density at radius 1 is 1.26 bits per heavy atom. The molecule has 1 amide bonds. The van der Waals surface area contributed by atoms with Crippen LogP contribution in [-0.2, 0) is 17.6 Å². The first-order chi connectivity index (χ1) is 13.0. The van der Waals surface area contributed by atoms with Gasteiger partial charge in [-0.2, -0.15) is 4.68 Å². The lowest BCUT2D eigenvalue weighted by Crippen LogP contribution is -2.34. The Hall–Kier alpha value is -2.54. The molecule has 0 radical (unpaired) electrons. The Morgan fingerprint density at radius 3 is 2.85 bits per heavy atom. The molecule has 1 N–H and O–H groups in total. The monoisotopic (exact) mass is 382 g/mol. The average Bonchev–Trinajstić information content (AvgIpc) is 3.04. The van der Waals surface area contributed by atoms with Crippen LogP contribution in [0, 0.1) is 13.8 Å². The Labute approximate surface area is 161 Å². The first-order valence-electron chi connectivity index (χ1n) is 9.23. The largest absolute Gasteiger partial charge is 0.324 e. The van der Waals surface area contributed by atoms with Crippen LogP contribution in [-0.4, -0.2) is 20.9 Å². The second-order valence-electron chi connectivity index (χ2n) is 7.21. The van der Waals surface area contributed by atoms with Crippen molar-refractivity contribution in [2.75, 3.05) is 5.32 Å². The molecule has 3 aromatic rings. The summed E-state index contributed by atoms with van der Waals surface area (Å²) in [7, 11) is 0. The zero-order valence-corrected chi connectivity index (χ0v) is 16.5. The summed E-state index contributed by atoms with van der Waals surface area (Å²) in [6.45, 7) is 5.60. The van der Waals surface area contributed by atoms with Crippen molar-refractivity contribution in [3.8, 4) is 0 Å². The number of carbonyl (C=O) groups excluding carboxylic acids is 1. The van der Waals surface area contributed by atoms with Gasteiger partial charge in [-0.05, 0) is 69.2 Å². The van der Waals surface area contributed by atoms with Crippen molar-refractivity contribution < 1.29 is 4.79 Å². The Bertz CT molecular complexity index is 1100. The highest BCUT2D eigenvalue weighted by atomic mass is 32.1. The minimum Gasteiger partial charge on any atom is -0.324 e. The van der Waals surface area contributed by atoms with Gasteiger partial charge in [-0.3, -0.25) is 9.59 Å². The maximum absolute atomic E-state index is 13.1.